The maximum absolute atomic E-state index is 14.9. The molecule has 0 bridgehead atoms. The van der Waals surface area contributed by atoms with Crippen molar-refractivity contribution in [3.63, 3.8) is 0 Å². The van der Waals surface area contributed by atoms with Gasteiger partial charge in [0.2, 0.25) is 11.7 Å². The van der Waals surface area contributed by atoms with Gasteiger partial charge in [0.25, 0.3) is 0 Å². The largest absolute Gasteiger partial charge is 0.459 e. The number of hydrogen-bond donors (Lipinski definition) is 4. The Kier molecular flexibility index (Phi) is 23.0. The van der Waals surface area contributed by atoms with Crippen molar-refractivity contribution < 1.29 is 48.7 Å². The summed E-state index contributed by atoms with van der Waals surface area (Å²) < 4.78 is 26.2. The third kappa shape index (κ3) is 14.6. The number of nitrogens with zero attached hydrogens (tertiary/aromatic N) is 2. The molecular weight excluding hydrogens is 839 g/mol. The van der Waals surface area contributed by atoms with E-state index in [1.54, 1.807) is 12.1 Å². The average Bonchev–Trinajstić information content (AvgIpc) is 3.32. The number of nitrogens with one attached hydrogen (secondary N) is 1. The lowest BCUT2D eigenvalue weighted by Gasteiger charge is -2.60. The Bertz CT molecular complexity index is 1820. The van der Waals surface area contributed by atoms with Crippen LogP contribution < -0.4 is 14.8 Å². The molecule has 13 heteroatoms. The van der Waals surface area contributed by atoms with Crippen LogP contribution in [0.3, 0.4) is 0 Å². The van der Waals surface area contributed by atoms with Gasteiger partial charge in [0, 0.05) is 50.6 Å². The van der Waals surface area contributed by atoms with Gasteiger partial charge < -0.3 is 49.3 Å². The standard InChI is InChI=1S/C53H79N3O10/c1-4-7-8-9-10-11-12-13-17-26-49(60)56(29-34-62-35-32-59)48-38-46(55-64-39-40-22-15-14-16-23-40)44-36-41(24-18-20-30-57)43(25-19-21-31-58)50-45-37-42(65-52(61)54-6-3)27-28-47(45)66-53(48,51(44)50)63-33-5-2/h5,14-16,22-23,27-28,36-37,41,43,48,50-51,57-59H,2,4,6-13,17-21,24-26,29-35,38-39H2,1,3H3,(H,54,61)/t41-,43+,48-,50+,51+,53+/m0/s1. The molecule has 4 N–H and O–H groups in total. The molecule has 0 aromatic heterocycles. The first-order valence-corrected chi connectivity index (χ1v) is 25.0. The summed E-state index contributed by atoms with van der Waals surface area (Å²) in [5.74, 6) is -1.29. The highest BCUT2D eigenvalue weighted by Gasteiger charge is 2.65. The minimum atomic E-state index is -1.44. The first-order valence-electron chi connectivity index (χ1n) is 25.0. The number of fused-ring (bicyclic) bond motifs is 2. The molecule has 2 aliphatic carbocycles. The summed E-state index contributed by atoms with van der Waals surface area (Å²) >= 11 is 0. The van der Waals surface area contributed by atoms with E-state index in [4.69, 9.17) is 28.9 Å². The molecule has 6 atom stereocenters. The highest BCUT2D eigenvalue weighted by molar-refractivity contribution is 6.03. The number of carbonyl (C=O) groups excluding carboxylic acids is 2. The predicted molar refractivity (Wildman–Crippen MR) is 257 cm³/mol. The number of amides is 2. The van der Waals surface area contributed by atoms with Crippen LogP contribution in [-0.4, -0.2) is 102 Å². The topological polar surface area (TPSA) is 169 Å². The van der Waals surface area contributed by atoms with Gasteiger partial charge >= 0.3 is 6.09 Å². The molecular formula is C53H79N3O10. The number of benzene rings is 2. The molecule has 1 fully saturated rings. The molecule has 0 spiro atoms. The molecule has 5 rings (SSSR count). The summed E-state index contributed by atoms with van der Waals surface area (Å²) in [7, 11) is 0. The van der Waals surface area contributed by atoms with Crippen LogP contribution in [0.1, 0.15) is 140 Å². The van der Waals surface area contributed by atoms with Crippen LogP contribution in [-0.2, 0) is 25.7 Å². The van der Waals surface area contributed by atoms with E-state index in [1.165, 1.54) is 32.1 Å². The second-order valence-electron chi connectivity index (χ2n) is 18.0. The van der Waals surface area contributed by atoms with Crippen molar-refractivity contribution in [3.8, 4) is 11.5 Å². The smallest absolute Gasteiger partial charge is 0.412 e. The molecule has 0 saturated heterocycles. The van der Waals surface area contributed by atoms with Gasteiger partial charge in [-0.1, -0.05) is 119 Å². The van der Waals surface area contributed by atoms with E-state index in [0.29, 0.717) is 43.0 Å². The number of rotatable bonds is 32. The maximum atomic E-state index is 14.9. The zero-order valence-electron chi connectivity index (χ0n) is 39.8. The molecule has 3 aliphatic rings. The van der Waals surface area contributed by atoms with Crippen molar-refractivity contribution in [2.75, 3.05) is 52.7 Å². The van der Waals surface area contributed by atoms with Gasteiger partial charge in [0.05, 0.1) is 38.1 Å². The normalized spacial score (nSPS) is 22.4. The molecule has 2 aromatic rings. The Morgan fingerprint density at radius 2 is 1.62 bits per heavy atom. The van der Waals surface area contributed by atoms with Crippen LogP contribution in [0.2, 0.25) is 0 Å². The summed E-state index contributed by atoms with van der Waals surface area (Å²) in [5.41, 5.74) is 3.44. The molecule has 13 nitrogen and oxygen atoms in total. The number of hydrogen-bond acceptors (Lipinski definition) is 11. The van der Waals surface area contributed by atoms with Gasteiger partial charge in [-0.2, -0.15) is 0 Å². The van der Waals surface area contributed by atoms with Crippen LogP contribution in [0.4, 0.5) is 4.79 Å². The zero-order chi connectivity index (χ0) is 47.0. The van der Waals surface area contributed by atoms with Gasteiger partial charge in [-0.15, -0.1) is 6.58 Å². The molecule has 1 aliphatic heterocycles. The lowest BCUT2D eigenvalue weighted by Crippen LogP contribution is -2.70. The highest BCUT2D eigenvalue weighted by atomic mass is 16.7. The lowest BCUT2D eigenvalue weighted by molar-refractivity contribution is -0.258. The second kappa shape index (κ2) is 28.8. The monoisotopic (exact) mass is 918 g/mol. The lowest BCUT2D eigenvalue weighted by atomic mass is 9.55. The third-order valence-corrected chi connectivity index (χ3v) is 13.3. The first kappa shape index (κ1) is 52.7. The predicted octanol–water partition coefficient (Wildman–Crippen LogP) is 9.39. The van der Waals surface area contributed by atoms with E-state index in [2.05, 4.69) is 24.9 Å². The van der Waals surface area contributed by atoms with Crippen molar-refractivity contribution in [2.24, 2.45) is 22.9 Å². The summed E-state index contributed by atoms with van der Waals surface area (Å²) in [6.45, 7) is 9.48. The number of unbranched alkanes of at least 4 members (excludes halogenated alkanes) is 10. The van der Waals surface area contributed by atoms with E-state index in [9.17, 15) is 24.9 Å². The van der Waals surface area contributed by atoms with Gasteiger partial charge in [-0.05, 0) is 80.2 Å². The fourth-order valence-electron chi connectivity index (χ4n) is 10.3. The Morgan fingerprint density at radius 3 is 2.32 bits per heavy atom. The fourth-order valence-corrected chi connectivity index (χ4v) is 10.3. The van der Waals surface area contributed by atoms with Crippen molar-refractivity contribution in [3.05, 3.63) is 84.0 Å². The summed E-state index contributed by atoms with van der Waals surface area (Å²) in [4.78, 5) is 35.9. The zero-order valence-corrected chi connectivity index (χ0v) is 39.8. The minimum Gasteiger partial charge on any atom is -0.459 e. The van der Waals surface area contributed by atoms with Crippen LogP contribution in [0.5, 0.6) is 11.5 Å². The Hall–Kier alpha value is -4.27. The number of aliphatic hydroxyl groups excluding tert-OH is 3. The third-order valence-electron chi connectivity index (χ3n) is 13.3. The number of ether oxygens (including phenoxy) is 4. The molecule has 1 heterocycles. The molecule has 0 unspecified atom stereocenters. The summed E-state index contributed by atoms with van der Waals surface area (Å²) in [6.07, 6.45) is 18.6. The van der Waals surface area contributed by atoms with E-state index in [-0.39, 0.29) is 82.9 Å². The second-order valence-corrected chi connectivity index (χ2v) is 18.0. The van der Waals surface area contributed by atoms with E-state index >= 15 is 0 Å². The van der Waals surface area contributed by atoms with Crippen molar-refractivity contribution in [1.82, 2.24) is 10.2 Å². The Labute approximate surface area is 393 Å². The molecule has 2 amide bonds. The maximum Gasteiger partial charge on any atom is 0.412 e. The average molecular weight is 918 g/mol. The van der Waals surface area contributed by atoms with Gasteiger partial charge in [0.1, 0.15) is 24.1 Å². The Balaban J connectivity index is 1.67. The molecule has 1 saturated carbocycles. The van der Waals surface area contributed by atoms with Crippen molar-refractivity contribution in [1.29, 1.82) is 0 Å². The van der Waals surface area contributed by atoms with Crippen molar-refractivity contribution >= 4 is 17.7 Å². The number of oxime groups is 1. The molecule has 66 heavy (non-hydrogen) atoms. The summed E-state index contributed by atoms with van der Waals surface area (Å²) in [6, 6.07) is 14.6. The number of carbonyl (C=O) groups is 2. The van der Waals surface area contributed by atoms with E-state index in [0.717, 1.165) is 68.1 Å². The number of allylic oxidation sites excluding steroid dienone is 1. The first-order chi connectivity index (χ1) is 32.3. The molecule has 0 radical (unpaired) electrons. The minimum absolute atomic E-state index is 0.00214. The van der Waals surface area contributed by atoms with Gasteiger partial charge in [-0.25, -0.2) is 4.79 Å². The van der Waals surface area contributed by atoms with E-state index < -0.39 is 23.8 Å². The van der Waals surface area contributed by atoms with Crippen LogP contribution in [0, 0.1) is 17.8 Å². The fraction of sp³-hybridized carbons (Fsp3) is 0.642. The van der Waals surface area contributed by atoms with Gasteiger partial charge in [0.15, 0.2) is 0 Å². The van der Waals surface area contributed by atoms with E-state index in [1.807, 2.05) is 54.3 Å². The van der Waals surface area contributed by atoms with Crippen LogP contribution in [0.25, 0.3) is 0 Å². The number of aliphatic hydroxyl groups is 3. The molecule has 2 aromatic carbocycles. The quantitative estimate of drug-likeness (QED) is 0.0315. The summed E-state index contributed by atoms with van der Waals surface area (Å²) in [5, 5.41) is 37.3. The highest BCUT2D eigenvalue weighted by Crippen LogP contribution is 2.62. The van der Waals surface area contributed by atoms with Crippen LogP contribution in [0.15, 0.2) is 78.0 Å². The van der Waals surface area contributed by atoms with Crippen molar-refractivity contribution in [2.45, 2.75) is 147 Å². The molecule has 366 valence electrons. The van der Waals surface area contributed by atoms with Crippen LogP contribution >= 0.6 is 0 Å². The van der Waals surface area contributed by atoms with Gasteiger partial charge in [-0.3, -0.25) is 4.79 Å². The SMILES string of the molecule is C=CCO[C@@]12Oc3ccc(OC(=O)NCC)cc3[C@H]3[C@H](CCCCO)[C@@H](CCCCO)C=C(C(=NOCc4ccccc4)C[C@@H]1N(CCOCCO)C(=O)CCCCCCCCCCC)[C@H]32. The Morgan fingerprint density at radius 1 is 0.894 bits per heavy atom.